The summed E-state index contributed by atoms with van der Waals surface area (Å²) < 4.78 is 26.1. The molecule has 7 heteroatoms. The van der Waals surface area contributed by atoms with E-state index in [2.05, 4.69) is 0 Å². The molecule has 1 fully saturated rings. The molecule has 1 aromatic carbocycles. The van der Waals surface area contributed by atoms with Gasteiger partial charge in [-0.25, -0.2) is 13.2 Å². The molecule has 1 saturated heterocycles. The fraction of sp³-hybridized carbons (Fsp3) is 0.417. The van der Waals surface area contributed by atoms with Crippen molar-refractivity contribution in [2.75, 3.05) is 26.2 Å². The highest BCUT2D eigenvalue weighted by Crippen LogP contribution is 2.15. The summed E-state index contributed by atoms with van der Waals surface area (Å²) in [4.78, 5) is 11.7. The van der Waals surface area contributed by atoms with Crippen LogP contribution in [-0.2, 0) is 14.8 Å². The molecular formula is C12H17ClN2O3S. The van der Waals surface area contributed by atoms with E-state index in [0.717, 1.165) is 16.9 Å². The summed E-state index contributed by atoms with van der Waals surface area (Å²) in [6, 6.07) is 6.84. The van der Waals surface area contributed by atoms with Gasteiger partial charge in [-0.1, -0.05) is 17.7 Å². The summed E-state index contributed by atoms with van der Waals surface area (Å²) in [5.41, 5.74) is 1.03. The smallest absolute Gasteiger partial charge is 0.299 e. The van der Waals surface area contributed by atoms with Gasteiger partial charge < -0.3 is 12.4 Å². The summed E-state index contributed by atoms with van der Waals surface area (Å²) in [6.45, 7) is 3.78. The van der Waals surface area contributed by atoms with Crippen LogP contribution in [0.4, 0.5) is 0 Å². The van der Waals surface area contributed by atoms with Gasteiger partial charge in [-0.3, -0.25) is 4.90 Å². The van der Waals surface area contributed by atoms with Gasteiger partial charge in [0.15, 0.2) is 0 Å². The number of piperazine rings is 1. The number of quaternary nitrogens is 1. The normalized spacial score (nSPS) is 17.7. The van der Waals surface area contributed by atoms with E-state index in [1.165, 1.54) is 4.31 Å². The lowest BCUT2D eigenvalue weighted by atomic mass is 10.2. The number of amides is 1. The first-order chi connectivity index (χ1) is 8.54. The second-order valence-corrected chi connectivity index (χ2v) is 6.43. The molecule has 19 heavy (non-hydrogen) atoms. The van der Waals surface area contributed by atoms with Gasteiger partial charge >= 0.3 is 0 Å². The van der Waals surface area contributed by atoms with E-state index in [-0.39, 0.29) is 12.4 Å². The number of benzene rings is 1. The second kappa shape index (κ2) is 6.47. The molecule has 0 aliphatic carbocycles. The Morgan fingerprint density at radius 1 is 1.16 bits per heavy atom. The fourth-order valence-corrected chi connectivity index (χ4v) is 3.43. The van der Waals surface area contributed by atoms with Gasteiger partial charge in [-0.2, -0.15) is 4.31 Å². The molecule has 5 nitrogen and oxygen atoms in total. The van der Waals surface area contributed by atoms with Crippen molar-refractivity contribution in [2.45, 2.75) is 11.8 Å². The highest BCUT2D eigenvalue weighted by molar-refractivity contribution is 7.89. The Morgan fingerprint density at radius 3 is 2.16 bits per heavy atom. The van der Waals surface area contributed by atoms with E-state index in [0.29, 0.717) is 31.1 Å². The van der Waals surface area contributed by atoms with Gasteiger partial charge in [0.25, 0.3) is 6.41 Å². The lowest BCUT2D eigenvalue weighted by molar-refractivity contribution is -0.815. The minimum Gasteiger partial charge on any atom is -1.00 e. The second-order valence-electron chi connectivity index (χ2n) is 4.49. The monoisotopic (exact) mass is 304 g/mol. The van der Waals surface area contributed by atoms with Crippen LogP contribution in [0.1, 0.15) is 5.56 Å². The molecule has 1 aliphatic heterocycles. The van der Waals surface area contributed by atoms with Crippen molar-refractivity contribution in [3.8, 4) is 0 Å². The highest BCUT2D eigenvalue weighted by atomic mass is 35.5. The number of nitrogens with zero attached hydrogens (tertiary/aromatic N) is 1. The highest BCUT2D eigenvalue weighted by Gasteiger charge is 2.29. The van der Waals surface area contributed by atoms with Gasteiger partial charge in [0.1, 0.15) is 0 Å². The SMILES string of the molecule is Cc1ccc(S(=O)(=O)N2CC[NH+](C=O)CC2)cc1.[Cl-]. The number of carbonyl (C=O) groups is 1. The van der Waals surface area contributed by atoms with Crippen molar-refractivity contribution >= 4 is 16.4 Å². The average molecular weight is 305 g/mol. The summed E-state index contributed by atoms with van der Waals surface area (Å²) in [7, 11) is -3.41. The van der Waals surface area contributed by atoms with Crippen LogP contribution < -0.4 is 17.3 Å². The summed E-state index contributed by atoms with van der Waals surface area (Å²) in [5, 5.41) is 0. The maximum absolute atomic E-state index is 12.3. The molecular weight excluding hydrogens is 288 g/mol. The number of hydrogen-bond acceptors (Lipinski definition) is 3. The Kier molecular flexibility index (Phi) is 5.49. The molecule has 1 amide bonds. The molecule has 0 atom stereocenters. The topological polar surface area (TPSA) is 58.9 Å². The van der Waals surface area contributed by atoms with Crippen molar-refractivity contribution in [2.24, 2.45) is 0 Å². The van der Waals surface area contributed by atoms with Crippen molar-refractivity contribution in [1.29, 1.82) is 0 Å². The molecule has 0 aromatic heterocycles. The molecule has 0 saturated carbocycles. The number of hydrogen-bond donors (Lipinski definition) is 1. The minimum atomic E-state index is -3.41. The van der Waals surface area contributed by atoms with Crippen molar-refractivity contribution in [3.63, 3.8) is 0 Å². The largest absolute Gasteiger partial charge is 1.00 e. The van der Waals surface area contributed by atoms with Gasteiger partial charge in [-0.05, 0) is 19.1 Å². The van der Waals surface area contributed by atoms with Crippen molar-refractivity contribution in [3.05, 3.63) is 29.8 Å². The first-order valence-corrected chi connectivity index (χ1v) is 7.35. The Bertz CT molecular complexity index is 522. The van der Waals surface area contributed by atoms with Crippen molar-refractivity contribution < 1.29 is 30.5 Å². The quantitative estimate of drug-likeness (QED) is 0.580. The van der Waals surface area contributed by atoms with Crippen LogP contribution in [0.5, 0.6) is 0 Å². The van der Waals surface area contributed by atoms with E-state index in [1.54, 1.807) is 24.3 Å². The number of aryl methyl sites for hydroxylation is 1. The lowest BCUT2D eigenvalue weighted by Crippen LogP contribution is -3.14. The Balaban J connectivity index is 0.00000180. The van der Waals surface area contributed by atoms with Crippen LogP contribution in [0.25, 0.3) is 0 Å². The van der Waals surface area contributed by atoms with Crippen LogP contribution in [0.3, 0.4) is 0 Å². The van der Waals surface area contributed by atoms with Crippen LogP contribution in [0.15, 0.2) is 29.2 Å². The van der Waals surface area contributed by atoms with E-state index in [9.17, 15) is 13.2 Å². The average Bonchev–Trinajstić information content (AvgIpc) is 2.39. The van der Waals surface area contributed by atoms with Gasteiger partial charge in [0.2, 0.25) is 10.0 Å². The minimum absolute atomic E-state index is 0. The molecule has 1 aromatic rings. The molecule has 0 unspecified atom stereocenters. The molecule has 1 heterocycles. The number of nitrogens with one attached hydrogen (secondary N) is 1. The van der Waals surface area contributed by atoms with E-state index < -0.39 is 10.0 Å². The van der Waals surface area contributed by atoms with Crippen molar-refractivity contribution in [1.82, 2.24) is 4.31 Å². The van der Waals surface area contributed by atoms with Crippen LogP contribution in [0.2, 0.25) is 0 Å². The predicted molar refractivity (Wildman–Crippen MR) is 66.7 cm³/mol. The van der Waals surface area contributed by atoms with Crippen LogP contribution in [0, 0.1) is 6.92 Å². The first kappa shape index (κ1) is 16.1. The third kappa shape index (κ3) is 3.54. The first-order valence-electron chi connectivity index (χ1n) is 5.91. The van der Waals surface area contributed by atoms with Gasteiger partial charge in [0.05, 0.1) is 31.1 Å². The zero-order chi connectivity index (χ0) is 13.2. The molecule has 0 radical (unpaired) electrons. The maximum Gasteiger partial charge on any atom is 0.299 e. The van der Waals surface area contributed by atoms with Gasteiger partial charge in [-0.15, -0.1) is 0 Å². The summed E-state index contributed by atoms with van der Waals surface area (Å²) in [5.74, 6) is 0. The van der Waals surface area contributed by atoms with Crippen LogP contribution >= 0.6 is 0 Å². The number of sulfonamides is 1. The Labute approximate surface area is 119 Å². The maximum atomic E-state index is 12.3. The molecule has 1 N–H and O–H groups in total. The molecule has 0 bridgehead atoms. The zero-order valence-corrected chi connectivity index (χ0v) is 12.2. The molecule has 2 rings (SSSR count). The standard InChI is InChI=1S/C12H16N2O3S.ClH/c1-11-2-4-12(5-3-11)18(16,17)14-8-6-13(10-15)7-9-14;/h2-5,10H,6-9H2,1H3;1H. The predicted octanol–water partition coefficient (Wildman–Crippen LogP) is -3.96. The summed E-state index contributed by atoms with van der Waals surface area (Å²) in [6.07, 6.45) is 0.843. The van der Waals surface area contributed by atoms with E-state index >= 15 is 0 Å². The number of halogens is 1. The van der Waals surface area contributed by atoms with Gasteiger partial charge in [0, 0.05) is 0 Å². The number of carbonyl (C=O) groups excluding carboxylic acids is 1. The third-order valence-corrected chi connectivity index (χ3v) is 5.10. The summed E-state index contributed by atoms with van der Waals surface area (Å²) >= 11 is 0. The Hall–Kier alpha value is -0.950. The van der Waals surface area contributed by atoms with E-state index in [1.807, 2.05) is 6.92 Å². The Morgan fingerprint density at radius 2 is 1.68 bits per heavy atom. The van der Waals surface area contributed by atoms with Crippen LogP contribution in [-0.4, -0.2) is 45.3 Å². The number of rotatable bonds is 3. The molecule has 106 valence electrons. The fourth-order valence-electron chi connectivity index (χ4n) is 1.99. The lowest BCUT2D eigenvalue weighted by Gasteiger charge is -2.28. The molecule has 0 spiro atoms. The molecule has 1 aliphatic rings. The van der Waals surface area contributed by atoms with E-state index in [4.69, 9.17) is 0 Å². The zero-order valence-electron chi connectivity index (χ0n) is 10.7. The third-order valence-electron chi connectivity index (χ3n) is 3.19.